The Morgan fingerprint density at radius 3 is 2.55 bits per heavy atom. The van der Waals surface area contributed by atoms with Gasteiger partial charge < -0.3 is 16.2 Å². The number of carbonyl (C=O) groups excluding carboxylic acids is 1. The van der Waals surface area contributed by atoms with E-state index in [2.05, 4.69) is 10.3 Å². The summed E-state index contributed by atoms with van der Waals surface area (Å²) in [5.41, 5.74) is 7.94. The van der Waals surface area contributed by atoms with Crippen LogP contribution < -0.4 is 11.1 Å². The van der Waals surface area contributed by atoms with E-state index in [0.29, 0.717) is 16.9 Å². The van der Waals surface area contributed by atoms with E-state index in [1.54, 1.807) is 18.2 Å². The van der Waals surface area contributed by atoms with Crippen LogP contribution in [0.3, 0.4) is 0 Å². The zero-order valence-corrected chi connectivity index (χ0v) is 10.8. The van der Waals surface area contributed by atoms with Crippen molar-refractivity contribution in [2.24, 2.45) is 0 Å². The molecule has 0 saturated carbocycles. The maximum atomic E-state index is 12.0. The number of hydrogen-bond donors (Lipinski definition) is 3. The molecule has 0 aliphatic heterocycles. The highest BCUT2D eigenvalue weighted by molar-refractivity contribution is 6.04. The average molecular weight is 271 g/mol. The number of carbonyl (C=O) groups is 2. The predicted octanol–water partition coefficient (Wildman–Crippen LogP) is 1.92. The highest BCUT2D eigenvalue weighted by atomic mass is 16.4. The Bertz CT molecular complexity index is 666. The minimum Gasteiger partial charge on any atom is -0.477 e. The standard InChI is InChI=1S/C14H13N3O3/c1-8-6-9(2-4-11(8)15)13(18)17-10-3-5-12(14(19)20)16-7-10/h2-7H,15H2,1H3,(H,17,18)(H,19,20). The Morgan fingerprint density at radius 1 is 1.25 bits per heavy atom. The third kappa shape index (κ3) is 2.92. The monoisotopic (exact) mass is 271 g/mol. The second-order valence-corrected chi connectivity index (χ2v) is 4.26. The van der Waals surface area contributed by atoms with Crippen molar-refractivity contribution in [1.82, 2.24) is 4.98 Å². The molecule has 20 heavy (non-hydrogen) atoms. The van der Waals surface area contributed by atoms with E-state index in [0.717, 1.165) is 5.56 Å². The molecular weight excluding hydrogens is 258 g/mol. The molecule has 1 amide bonds. The molecule has 1 heterocycles. The zero-order valence-electron chi connectivity index (χ0n) is 10.8. The Morgan fingerprint density at radius 2 is 2.00 bits per heavy atom. The van der Waals surface area contributed by atoms with Crippen LogP contribution in [0.5, 0.6) is 0 Å². The Balaban J connectivity index is 2.14. The van der Waals surface area contributed by atoms with Gasteiger partial charge >= 0.3 is 5.97 Å². The molecular formula is C14H13N3O3. The smallest absolute Gasteiger partial charge is 0.354 e. The van der Waals surface area contributed by atoms with Crippen LogP contribution in [0.15, 0.2) is 36.5 Å². The fourth-order valence-corrected chi connectivity index (χ4v) is 1.61. The van der Waals surface area contributed by atoms with E-state index in [1.807, 2.05) is 6.92 Å². The molecule has 0 atom stereocenters. The lowest BCUT2D eigenvalue weighted by molar-refractivity contribution is 0.0690. The number of nitrogens with one attached hydrogen (secondary N) is 1. The summed E-state index contributed by atoms with van der Waals surface area (Å²) in [6, 6.07) is 7.78. The number of hydrogen-bond acceptors (Lipinski definition) is 4. The van der Waals surface area contributed by atoms with Gasteiger partial charge in [0.15, 0.2) is 0 Å². The van der Waals surface area contributed by atoms with Crippen molar-refractivity contribution in [3.05, 3.63) is 53.3 Å². The molecule has 4 N–H and O–H groups in total. The van der Waals surface area contributed by atoms with Crippen molar-refractivity contribution in [2.75, 3.05) is 11.1 Å². The first-order valence-corrected chi connectivity index (χ1v) is 5.84. The van der Waals surface area contributed by atoms with Gasteiger partial charge in [0.1, 0.15) is 5.69 Å². The second kappa shape index (κ2) is 5.40. The van der Waals surface area contributed by atoms with Gasteiger partial charge in [-0.25, -0.2) is 9.78 Å². The normalized spacial score (nSPS) is 10.1. The maximum Gasteiger partial charge on any atom is 0.354 e. The van der Waals surface area contributed by atoms with E-state index in [-0.39, 0.29) is 11.6 Å². The van der Waals surface area contributed by atoms with Gasteiger partial charge in [0.25, 0.3) is 5.91 Å². The van der Waals surface area contributed by atoms with Crippen LogP contribution in [0.1, 0.15) is 26.4 Å². The summed E-state index contributed by atoms with van der Waals surface area (Å²) in [6.45, 7) is 1.81. The summed E-state index contributed by atoms with van der Waals surface area (Å²) in [6.07, 6.45) is 1.30. The molecule has 0 radical (unpaired) electrons. The highest BCUT2D eigenvalue weighted by Crippen LogP contribution is 2.14. The van der Waals surface area contributed by atoms with E-state index >= 15 is 0 Å². The lowest BCUT2D eigenvalue weighted by Gasteiger charge is -2.07. The number of carboxylic acids is 1. The molecule has 0 aliphatic rings. The van der Waals surface area contributed by atoms with Crippen LogP contribution in [-0.2, 0) is 0 Å². The minimum atomic E-state index is -1.11. The number of benzene rings is 1. The van der Waals surface area contributed by atoms with Gasteiger partial charge in [-0.1, -0.05) is 0 Å². The number of nitrogens with zero attached hydrogens (tertiary/aromatic N) is 1. The van der Waals surface area contributed by atoms with Crippen molar-refractivity contribution in [1.29, 1.82) is 0 Å². The van der Waals surface area contributed by atoms with Crippen molar-refractivity contribution in [3.8, 4) is 0 Å². The van der Waals surface area contributed by atoms with Gasteiger partial charge in [0.05, 0.1) is 11.9 Å². The molecule has 1 aromatic heterocycles. The van der Waals surface area contributed by atoms with Crippen molar-refractivity contribution < 1.29 is 14.7 Å². The number of aryl methyl sites for hydroxylation is 1. The van der Waals surface area contributed by atoms with Gasteiger partial charge in [0.2, 0.25) is 0 Å². The SMILES string of the molecule is Cc1cc(C(=O)Nc2ccc(C(=O)O)nc2)ccc1N. The van der Waals surface area contributed by atoms with Gasteiger partial charge in [0, 0.05) is 11.3 Å². The quantitative estimate of drug-likeness (QED) is 0.739. The first-order valence-electron chi connectivity index (χ1n) is 5.84. The van der Waals surface area contributed by atoms with E-state index in [1.165, 1.54) is 18.3 Å². The largest absolute Gasteiger partial charge is 0.477 e. The first-order chi connectivity index (χ1) is 9.47. The van der Waals surface area contributed by atoms with Gasteiger partial charge in [-0.3, -0.25) is 4.79 Å². The molecule has 0 spiro atoms. The van der Waals surface area contributed by atoms with Gasteiger partial charge in [-0.15, -0.1) is 0 Å². The molecule has 1 aromatic carbocycles. The first kappa shape index (κ1) is 13.5. The number of nitrogens with two attached hydrogens (primary N) is 1. The topological polar surface area (TPSA) is 105 Å². The fourth-order valence-electron chi connectivity index (χ4n) is 1.61. The third-order valence-electron chi connectivity index (χ3n) is 2.77. The number of carboxylic acid groups (broad SMARTS) is 1. The maximum absolute atomic E-state index is 12.0. The fraction of sp³-hybridized carbons (Fsp3) is 0.0714. The lowest BCUT2D eigenvalue weighted by atomic mass is 10.1. The molecule has 6 nitrogen and oxygen atoms in total. The van der Waals surface area contributed by atoms with Crippen LogP contribution >= 0.6 is 0 Å². The number of pyridine rings is 1. The molecule has 0 fully saturated rings. The van der Waals surface area contributed by atoms with Crippen LogP contribution in [0.25, 0.3) is 0 Å². The Labute approximate surface area is 115 Å². The van der Waals surface area contributed by atoms with E-state index < -0.39 is 5.97 Å². The summed E-state index contributed by atoms with van der Waals surface area (Å²) in [5, 5.41) is 11.4. The molecule has 0 bridgehead atoms. The van der Waals surface area contributed by atoms with Crippen molar-refractivity contribution in [2.45, 2.75) is 6.92 Å². The number of aromatic nitrogens is 1. The van der Waals surface area contributed by atoms with Crippen LogP contribution in [0, 0.1) is 6.92 Å². The van der Waals surface area contributed by atoms with Gasteiger partial charge in [-0.05, 0) is 42.8 Å². The number of amides is 1. The zero-order chi connectivity index (χ0) is 14.7. The third-order valence-corrected chi connectivity index (χ3v) is 2.77. The molecule has 2 rings (SSSR count). The number of aromatic carboxylic acids is 1. The number of anilines is 2. The molecule has 0 aliphatic carbocycles. The predicted molar refractivity (Wildman–Crippen MR) is 74.7 cm³/mol. The van der Waals surface area contributed by atoms with Crippen LogP contribution in [0.2, 0.25) is 0 Å². The summed E-state index contributed by atoms with van der Waals surface area (Å²) in [7, 11) is 0. The molecule has 6 heteroatoms. The highest BCUT2D eigenvalue weighted by Gasteiger charge is 2.09. The molecule has 0 unspecified atom stereocenters. The van der Waals surface area contributed by atoms with E-state index in [9.17, 15) is 9.59 Å². The molecule has 0 saturated heterocycles. The number of rotatable bonds is 3. The average Bonchev–Trinajstić information content (AvgIpc) is 2.42. The van der Waals surface area contributed by atoms with Crippen molar-refractivity contribution in [3.63, 3.8) is 0 Å². The van der Waals surface area contributed by atoms with Crippen LogP contribution in [0.4, 0.5) is 11.4 Å². The van der Waals surface area contributed by atoms with E-state index in [4.69, 9.17) is 10.8 Å². The summed E-state index contributed by atoms with van der Waals surface area (Å²) >= 11 is 0. The molecule has 2 aromatic rings. The summed E-state index contributed by atoms with van der Waals surface area (Å²) < 4.78 is 0. The summed E-state index contributed by atoms with van der Waals surface area (Å²) in [5.74, 6) is -1.42. The Kier molecular flexibility index (Phi) is 3.65. The van der Waals surface area contributed by atoms with Gasteiger partial charge in [-0.2, -0.15) is 0 Å². The van der Waals surface area contributed by atoms with Crippen molar-refractivity contribution >= 4 is 23.3 Å². The molecule has 102 valence electrons. The van der Waals surface area contributed by atoms with Crippen LogP contribution in [-0.4, -0.2) is 22.0 Å². The Hall–Kier alpha value is -2.89. The minimum absolute atomic E-state index is 0.0775. The second-order valence-electron chi connectivity index (χ2n) is 4.26. The lowest BCUT2D eigenvalue weighted by Crippen LogP contribution is -2.13. The summed E-state index contributed by atoms with van der Waals surface area (Å²) in [4.78, 5) is 26.4. The number of nitrogen functional groups attached to an aromatic ring is 1.